The van der Waals surface area contributed by atoms with Gasteiger partial charge in [0.05, 0.1) is 6.54 Å². The van der Waals surface area contributed by atoms with Crippen LogP contribution in [0, 0.1) is 0 Å². The van der Waals surface area contributed by atoms with E-state index in [1.165, 1.54) is 23.3 Å². The third kappa shape index (κ3) is 2.34. The molecule has 3 rings (SSSR count). The van der Waals surface area contributed by atoms with E-state index in [4.69, 9.17) is 0 Å². The zero-order valence-electron chi connectivity index (χ0n) is 10.7. The van der Waals surface area contributed by atoms with Crippen molar-refractivity contribution >= 4 is 17.7 Å². The molecule has 2 aliphatic heterocycles. The Balaban J connectivity index is 1.67. The van der Waals surface area contributed by atoms with Crippen LogP contribution < -0.4 is 5.32 Å². The Morgan fingerprint density at radius 2 is 2.33 bits per heavy atom. The summed E-state index contributed by atoms with van der Waals surface area (Å²) < 4.78 is 0. The van der Waals surface area contributed by atoms with Gasteiger partial charge in [0.25, 0.3) is 0 Å². The van der Waals surface area contributed by atoms with Crippen LogP contribution in [-0.4, -0.2) is 43.3 Å². The average Bonchev–Trinajstić information content (AvgIpc) is 2.82. The highest BCUT2D eigenvalue weighted by Gasteiger charge is 2.21. The van der Waals surface area contributed by atoms with Crippen LogP contribution in [0.25, 0.3) is 0 Å². The number of likely N-dealkylation sites (N-methyl/N-ethyl adjacent to an activating group) is 1. The molecule has 1 aromatic rings. The fourth-order valence-corrected chi connectivity index (χ4v) is 3.79. The lowest BCUT2D eigenvalue weighted by Gasteiger charge is -2.26. The highest BCUT2D eigenvalue weighted by molar-refractivity contribution is 7.99. The molecule has 18 heavy (non-hydrogen) atoms. The predicted molar refractivity (Wildman–Crippen MR) is 78.3 cm³/mol. The van der Waals surface area contributed by atoms with E-state index < -0.39 is 0 Å². The van der Waals surface area contributed by atoms with Crippen LogP contribution in [0.5, 0.6) is 0 Å². The predicted octanol–water partition coefficient (Wildman–Crippen LogP) is 1.91. The Kier molecular flexibility index (Phi) is 3.46. The van der Waals surface area contributed by atoms with Crippen LogP contribution in [0.2, 0.25) is 0 Å². The lowest BCUT2D eigenvalue weighted by atomic mass is 10.0. The molecule has 1 N–H and O–H groups in total. The van der Waals surface area contributed by atoms with Crippen molar-refractivity contribution in [3.8, 4) is 0 Å². The second kappa shape index (κ2) is 5.22. The molecule has 0 amide bonds. The third-order valence-corrected chi connectivity index (χ3v) is 4.86. The normalized spacial score (nSPS) is 22.6. The Morgan fingerprint density at radius 3 is 3.17 bits per heavy atom. The van der Waals surface area contributed by atoms with Crippen molar-refractivity contribution < 1.29 is 0 Å². The van der Waals surface area contributed by atoms with Crippen molar-refractivity contribution in [3.05, 3.63) is 35.4 Å². The molecule has 0 fully saturated rings. The van der Waals surface area contributed by atoms with E-state index in [0.29, 0.717) is 5.25 Å². The molecule has 0 saturated carbocycles. The van der Waals surface area contributed by atoms with Crippen molar-refractivity contribution in [3.63, 3.8) is 0 Å². The summed E-state index contributed by atoms with van der Waals surface area (Å²) >= 11 is 2.05. The van der Waals surface area contributed by atoms with Crippen molar-refractivity contribution in [2.24, 2.45) is 4.99 Å². The number of aryl methyl sites for hydroxylation is 1. The molecule has 0 bridgehead atoms. The van der Waals surface area contributed by atoms with Gasteiger partial charge in [-0.25, -0.2) is 0 Å². The second-order valence-electron chi connectivity index (χ2n) is 4.82. The van der Waals surface area contributed by atoms with Gasteiger partial charge < -0.3 is 10.2 Å². The number of fused-ring (bicyclic) bond motifs is 1. The largest absolute Gasteiger partial charge is 0.355 e. The van der Waals surface area contributed by atoms with Crippen LogP contribution >= 0.6 is 11.8 Å². The maximum absolute atomic E-state index is 4.48. The molecule has 1 aromatic carbocycles. The maximum Gasteiger partial charge on any atom is 0.193 e. The lowest BCUT2D eigenvalue weighted by molar-refractivity contribution is 0.533. The zero-order valence-corrected chi connectivity index (χ0v) is 11.5. The summed E-state index contributed by atoms with van der Waals surface area (Å²) in [7, 11) is 2.10. The van der Waals surface area contributed by atoms with E-state index in [1.54, 1.807) is 0 Å². The first-order valence-corrected chi connectivity index (χ1v) is 7.58. The summed E-state index contributed by atoms with van der Waals surface area (Å²) in [5.74, 6) is 2.28. The van der Waals surface area contributed by atoms with Crippen LogP contribution in [0.15, 0.2) is 29.3 Å². The summed E-state index contributed by atoms with van der Waals surface area (Å²) in [4.78, 5) is 6.67. The van der Waals surface area contributed by atoms with Gasteiger partial charge in [0, 0.05) is 25.4 Å². The maximum atomic E-state index is 4.48. The van der Waals surface area contributed by atoms with Gasteiger partial charge in [0.2, 0.25) is 0 Å². The highest BCUT2D eigenvalue weighted by Crippen LogP contribution is 2.35. The molecule has 4 heteroatoms. The smallest absolute Gasteiger partial charge is 0.193 e. The Bertz CT molecular complexity index is 458. The number of aliphatic imine (C=N–C) groups is 1. The number of guanidine groups is 1. The number of hydrogen-bond donors (Lipinski definition) is 1. The molecule has 2 heterocycles. The molecule has 0 saturated heterocycles. The topological polar surface area (TPSA) is 27.6 Å². The summed E-state index contributed by atoms with van der Waals surface area (Å²) in [6.45, 7) is 2.94. The fraction of sp³-hybridized carbons (Fsp3) is 0.500. The molecule has 2 aliphatic rings. The molecule has 1 atom stereocenters. The summed E-state index contributed by atoms with van der Waals surface area (Å²) in [5.41, 5.74) is 3.02. The van der Waals surface area contributed by atoms with Crippen molar-refractivity contribution in [2.75, 3.05) is 32.4 Å². The van der Waals surface area contributed by atoms with E-state index in [9.17, 15) is 0 Å². The molecule has 0 radical (unpaired) electrons. The second-order valence-corrected chi connectivity index (χ2v) is 6.13. The van der Waals surface area contributed by atoms with Gasteiger partial charge in [-0.1, -0.05) is 24.3 Å². The van der Waals surface area contributed by atoms with E-state index in [0.717, 1.165) is 25.6 Å². The number of rotatable bonds is 2. The average molecular weight is 261 g/mol. The number of hydrogen-bond acceptors (Lipinski definition) is 4. The minimum absolute atomic E-state index is 0.562. The minimum Gasteiger partial charge on any atom is -0.355 e. The van der Waals surface area contributed by atoms with E-state index in [1.807, 2.05) is 0 Å². The summed E-state index contributed by atoms with van der Waals surface area (Å²) in [6.07, 6.45) is 1.21. The highest BCUT2D eigenvalue weighted by atomic mass is 32.2. The van der Waals surface area contributed by atoms with Gasteiger partial charge in [0.1, 0.15) is 0 Å². The molecule has 96 valence electrons. The van der Waals surface area contributed by atoms with Gasteiger partial charge in [-0.05, 0) is 23.3 Å². The standard InChI is InChI=1S/C14H19N3S/c1-17-8-7-15-14(17)16-10-13-12-5-3-2-4-11(12)6-9-18-13/h2-5,13H,6-10H2,1H3,(H,15,16). The minimum atomic E-state index is 0.562. The first-order valence-electron chi connectivity index (χ1n) is 6.53. The quantitative estimate of drug-likeness (QED) is 0.881. The molecule has 0 aromatic heterocycles. The van der Waals surface area contributed by atoms with Crippen LogP contribution in [-0.2, 0) is 6.42 Å². The van der Waals surface area contributed by atoms with Crippen molar-refractivity contribution in [1.29, 1.82) is 0 Å². The Morgan fingerprint density at radius 1 is 1.44 bits per heavy atom. The van der Waals surface area contributed by atoms with Crippen molar-refractivity contribution in [1.82, 2.24) is 10.2 Å². The van der Waals surface area contributed by atoms with Crippen LogP contribution in [0.3, 0.4) is 0 Å². The number of thioether (sulfide) groups is 1. The number of nitrogens with one attached hydrogen (secondary N) is 1. The van der Waals surface area contributed by atoms with Crippen LogP contribution in [0.1, 0.15) is 16.4 Å². The number of nitrogens with zero attached hydrogens (tertiary/aromatic N) is 2. The SMILES string of the molecule is CN1CCN=C1NCC1SCCc2ccccc21. The first-order chi connectivity index (χ1) is 8.84. The van der Waals surface area contributed by atoms with Gasteiger partial charge >= 0.3 is 0 Å². The summed E-state index contributed by atoms with van der Waals surface area (Å²) in [6, 6.07) is 8.83. The van der Waals surface area contributed by atoms with E-state index >= 15 is 0 Å². The van der Waals surface area contributed by atoms with E-state index in [-0.39, 0.29) is 0 Å². The monoisotopic (exact) mass is 261 g/mol. The molecular formula is C14H19N3S. The van der Waals surface area contributed by atoms with Crippen molar-refractivity contribution in [2.45, 2.75) is 11.7 Å². The molecule has 1 unspecified atom stereocenters. The van der Waals surface area contributed by atoms with Crippen LogP contribution in [0.4, 0.5) is 0 Å². The molecule has 3 nitrogen and oxygen atoms in total. The zero-order chi connectivity index (χ0) is 12.4. The lowest BCUT2D eigenvalue weighted by Crippen LogP contribution is -2.37. The van der Waals surface area contributed by atoms with Gasteiger partial charge in [-0.15, -0.1) is 0 Å². The van der Waals surface area contributed by atoms with Gasteiger partial charge in [0.15, 0.2) is 5.96 Å². The van der Waals surface area contributed by atoms with Gasteiger partial charge in [-0.2, -0.15) is 11.8 Å². The van der Waals surface area contributed by atoms with E-state index in [2.05, 4.69) is 58.3 Å². The third-order valence-electron chi connectivity index (χ3n) is 3.60. The Labute approximate surface area is 113 Å². The Hall–Kier alpha value is -1.16. The molecular weight excluding hydrogens is 242 g/mol. The fourth-order valence-electron chi connectivity index (χ4n) is 2.55. The van der Waals surface area contributed by atoms with Gasteiger partial charge in [-0.3, -0.25) is 4.99 Å². The molecule has 0 spiro atoms. The number of benzene rings is 1. The first kappa shape index (κ1) is 11.9. The molecule has 0 aliphatic carbocycles. The summed E-state index contributed by atoms with van der Waals surface area (Å²) in [5, 5.41) is 4.06.